The minimum atomic E-state index is -0.561. The van der Waals surface area contributed by atoms with Crippen LogP contribution in [-0.4, -0.2) is 32.0 Å². The maximum Gasteiger partial charge on any atom is 0.139 e. The molecule has 0 amide bonds. The minimum Gasteiger partial charge on any atom is -0.392 e. The molecular weight excluding hydrogens is 324 g/mol. The van der Waals surface area contributed by atoms with Crippen LogP contribution in [0.3, 0.4) is 0 Å². The molecule has 1 aromatic carbocycles. The Kier molecular flexibility index (Phi) is 4.01. The van der Waals surface area contributed by atoms with Crippen molar-refractivity contribution in [3.8, 4) is 0 Å². The van der Waals surface area contributed by atoms with Crippen LogP contribution in [0.1, 0.15) is 29.3 Å². The van der Waals surface area contributed by atoms with Crippen LogP contribution in [0.5, 0.6) is 0 Å². The molecule has 3 heterocycles. The summed E-state index contributed by atoms with van der Waals surface area (Å²) in [6.07, 6.45) is 3.56. The average Bonchev–Trinajstić information content (AvgIpc) is 3.15. The molecule has 130 valence electrons. The summed E-state index contributed by atoms with van der Waals surface area (Å²) >= 11 is 0. The Morgan fingerprint density at radius 3 is 2.96 bits per heavy atom. The standard InChI is InChI=1S/C19H19F2N3O/c1-12-3-2-6-24-14(9-22-19(12)24)10-23-11-15(25)8-18(23)16-7-13(20)4-5-17(16)21/h2-7,9,15,18,25H,8,10-11H2,1H3. The number of halogens is 2. The first-order valence-corrected chi connectivity index (χ1v) is 8.31. The van der Waals surface area contributed by atoms with E-state index in [0.717, 1.165) is 29.0 Å². The fraction of sp³-hybridized carbons (Fsp3) is 0.316. The topological polar surface area (TPSA) is 40.8 Å². The molecule has 6 heteroatoms. The monoisotopic (exact) mass is 343 g/mol. The smallest absolute Gasteiger partial charge is 0.139 e. The molecule has 0 saturated carbocycles. The lowest BCUT2D eigenvalue weighted by Crippen LogP contribution is -2.25. The molecule has 2 unspecified atom stereocenters. The zero-order chi connectivity index (χ0) is 17.6. The van der Waals surface area contributed by atoms with E-state index in [4.69, 9.17) is 0 Å². The van der Waals surface area contributed by atoms with Gasteiger partial charge < -0.3 is 9.51 Å². The molecule has 0 bridgehead atoms. The van der Waals surface area contributed by atoms with Gasteiger partial charge in [0, 0.05) is 30.9 Å². The number of pyridine rings is 1. The Hall–Kier alpha value is -2.31. The van der Waals surface area contributed by atoms with Crippen molar-refractivity contribution in [2.75, 3.05) is 6.54 Å². The highest BCUT2D eigenvalue weighted by molar-refractivity contribution is 5.48. The second kappa shape index (κ2) is 6.20. The highest BCUT2D eigenvalue weighted by atomic mass is 19.1. The van der Waals surface area contributed by atoms with Crippen molar-refractivity contribution in [2.24, 2.45) is 0 Å². The molecule has 0 radical (unpaired) electrons. The molecule has 1 aliphatic heterocycles. The van der Waals surface area contributed by atoms with Crippen LogP contribution in [0.25, 0.3) is 5.65 Å². The predicted molar refractivity (Wildman–Crippen MR) is 90.1 cm³/mol. The summed E-state index contributed by atoms with van der Waals surface area (Å²) in [5.41, 5.74) is 3.20. The summed E-state index contributed by atoms with van der Waals surface area (Å²) in [5, 5.41) is 10.1. The van der Waals surface area contributed by atoms with Crippen molar-refractivity contribution in [1.29, 1.82) is 0 Å². The summed E-state index contributed by atoms with van der Waals surface area (Å²) in [6.45, 7) is 2.92. The van der Waals surface area contributed by atoms with Crippen molar-refractivity contribution < 1.29 is 13.9 Å². The largest absolute Gasteiger partial charge is 0.392 e. The first kappa shape index (κ1) is 16.2. The molecule has 4 rings (SSSR count). The molecule has 25 heavy (non-hydrogen) atoms. The fourth-order valence-corrected chi connectivity index (χ4v) is 3.67. The number of hydrogen-bond acceptors (Lipinski definition) is 3. The van der Waals surface area contributed by atoms with Gasteiger partial charge in [0.25, 0.3) is 0 Å². The van der Waals surface area contributed by atoms with Crippen LogP contribution in [0.4, 0.5) is 8.78 Å². The molecule has 0 spiro atoms. The van der Waals surface area contributed by atoms with Crippen molar-refractivity contribution in [2.45, 2.75) is 32.0 Å². The van der Waals surface area contributed by atoms with Gasteiger partial charge in [-0.15, -0.1) is 0 Å². The van der Waals surface area contributed by atoms with Gasteiger partial charge in [0.1, 0.15) is 17.3 Å². The van der Waals surface area contributed by atoms with Crippen LogP contribution in [-0.2, 0) is 6.54 Å². The van der Waals surface area contributed by atoms with E-state index in [-0.39, 0.29) is 6.04 Å². The number of rotatable bonds is 3. The Balaban J connectivity index is 1.68. The number of aliphatic hydroxyl groups excluding tert-OH is 1. The summed E-state index contributed by atoms with van der Waals surface area (Å²) in [6, 6.07) is 7.07. The van der Waals surface area contributed by atoms with Gasteiger partial charge in [0.05, 0.1) is 18.0 Å². The zero-order valence-corrected chi connectivity index (χ0v) is 13.9. The zero-order valence-electron chi connectivity index (χ0n) is 13.9. The van der Waals surface area contributed by atoms with E-state index in [9.17, 15) is 13.9 Å². The normalized spacial score (nSPS) is 21.3. The Bertz CT molecular complexity index is 924. The number of fused-ring (bicyclic) bond motifs is 1. The maximum absolute atomic E-state index is 14.2. The number of benzene rings is 1. The highest BCUT2D eigenvalue weighted by Gasteiger charge is 2.34. The molecule has 1 aliphatic rings. The molecule has 3 aromatic rings. The molecule has 1 fully saturated rings. The predicted octanol–water partition coefficient (Wildman–Crippen LogP) is 3.23. The first-order chi connectivity index (χ1) is 12.0. The number of aromatic nitrogens is 2. The molecule has 2 atom stereocenters. The Labute approximate surface area is 144 Å². The fourth-order valence-electron chi connectivity index (χ4n) is 3.67. The first-order valence-electron chi connectivity index (χ1n) is 8.31. The Morgan fingerprint density at radius 1 is 1.28 bits per heavy atom. The number of β-amino-alcohol motifs (C(OH)–C–C–N with tert-alkyl or cyclic N) is 1. The number of likely N-dealkylation sites (tertiary alicyclic amines) is 1. The van der Waals surface area contributed by atoms with Crippen molar-refractivity contribution in [3.63, 3.8) is 0 Å². The molecule has 0 aliphatic carbocycles. The van der Waals surface area contributed by atoms with Gasteiger partial charge in [-0.3, -0.25) is 4.90 Å². The lowest BCUT2D eigenvalue weighted by Gasteiger charge is -2.24. The average molecular weight is 343 g/mol. The summed E-state index contributed by atoms with van der Waals surface area (Å²) in [7, 11) is 0. The van der Waals surface area contributed by atoms with E-state index in [2.05, 4.69) is 4.98 Å². The number of nitrogens with zero attached hydrogens (tertiary/aromatic N) is 3. The summed E-state index contributed by atoms with van der Waals surface area (Å²) in [4.78, 5) is 6.43. The lowest BCUT2D eigenvalue weighted by molar-refractivity contribution is 0.171. The lowest BCUT2D eigenvalue weighted by atomic mass is 10.0. The second-order valence-electron chi connectivity index (χ2n) is 6.63. The molecule has 2 aromatic heterocycles. The number of hydrogen-bond donors (Lipinski definition) is 1. The minimum absolute atomic E-state index is 0.293. The molecule has 1 N–H and O–H groups in total. The van der Waals surface area contributed by atoms with Gasteiger partial charge in [0.2, 0.25) is 0 Å². The van der Waals surface area contributed by atoms with E-state index in [1.165, 1.54) is 6.07 Å². The van der Waals surface area contributed by atoms with Gasteiger partial charge in [-0.1, -0.05) is 6.07 Å². The maximum atomic E-state index is 14.2. The van der Waals surface area contributed by atoms with E-state index in [1.54, 1.807) is 6.20 Å². The van der Waals surface area contributed by atoms with Gasteiger partial charge in [-0.25, -0.2) is 13.8 Å². The van der Waals surface area contributed by atoms with Crippen molar-refractivity contribution >= 4 is 5.65 Å². The van der Waals surface area contributed by atoms with Crippen LogP contribution in [0, 0.1) is 18.6 Å². The number of aryl methyl sites for hydroxylation is 1. The summed E-state index contributed by atoms with van der Waals surface area (Å²) in [5.74, 6) is -0.914. The Morgan fingerprint density at radius 2 is 2.12 bits per heavy atom. The molecular formula is C19H19F2N3O. The van der Waals surface area contributed by atoms with Crippen molar-refractivity contribution in [1.82, 2.24) is 14.3 Å². The van der Waals surface area contributed by atoms with Crippen LogP contribution >= 0.6 is 0 Å². The van der Waals surface area contributed by atoms with E-state index in [1.807, 2.05) is 34.6 Å². The van der Waals surface area contributed by atoms with Gasteiger partial charge >= 0.3 is 0 Å². The van der Waals surface area contributed by atoms with Gasteiger partial charge in [0.15, 0.2) is 0 Å². The highest BCUT2D eigenvalue weighted by Crippen LogP contribution is 2.35. The third-order valence-corrected chi connectivity index (χ3v) is 4.87. The van der Waals surface area contributed by atoms with Crippen LogP contribution in [0.2, 0.25) is 0 Å². The molecule has 1 saturated heterocycles. The van der Waals surface area contributed by atoms with E-state index in [0.29, 0.717) is 25.1 Å². The quantitative estimate of drug-likeness (QED) is 0.794. The summed E-state index contributed by atoms with van der Waals surface area (Å²) < 4.78 is 29.8. The molecule has 4 nitrogen and oxygen atoms in total. The SMILES string of the molecule is Cc1cccn2c(CN3CC(O)CC3c3cc(F)ccc3F)cnc12. The second-order valence-corrected chi connectivity index (χ2v) is 6.63. The van der Waals surface area contributed by atoms with E-state index < -0.39 is 17.7 Å². The third-order valence-electron chi connectivity index (χ3n) is 4.87. The van der Waals surface area contributed by atoms with Gasteiger partial charge in [-0.05, 0) is 43.2 Å². The van der Waals surface area contributed by atoms with Crippen molar-refractivity contribution in [3.05, 3.63) is 71.2 Å². The van der Waals surface area contributed by atoms with Gasteiger partial charge in [-0.2, -0.15) is 0 Å². The van der Waals surface area contributed by atoms with E-state index >= 15 is 0 Å². The number of aliphatic hydroxyl groups is 1. The third kappa shape index (κ3) is 2.92. The van der Waals surface area contributed by atoms with Crippen LogP contribution in [0.15, 0.2) is 42.7 Å². The van der Waals surface area contributed by atoms with Crippen LogP contribution < -0.4 is 0 Å². The number of imidazole rings is 1.